The van der Waals surface area contributed by atoms with Gasteiger partial charge in [0.1, 0.15) is 27.7 Å². The van der Waals surface area contributed by atoms with E-state index in [4.69, 9.17) is 11.6 Å². The van der Waals surface area contributed by atoms with Gasteiger partial charge in [0, 0.05) is 25.0 Å². The average molecular weight is 641 g/mol. The van der Waals surface area contributed by atoms with E-state index in [1.54, 1.807) is 13.0 Å². The number of aryl methyl sites for hydroxylation is 1. The molecule has 0 aliphatic carbocycles. The van der Waals surface area contributed by atoms with Gasteiger partial charge in [-0.1, -0.05) is 25.4 Å². The molecule has 3 aromatic heterocycles. The maximum atomic E-state index is 13.1. The van der Waals surface area contributed by atoms with Crippen molar-refractivity contribution in [3.8, 4) is 0 Å². The molecule has 2 N–H and O–H groups in total. The zero-order chi connectivity index (χ0) is 31.6. The number of amides is 2. The predicted octanol–water partition coefficient (Wildman–Crippen LogP) is 5.34. The number of carbonyl (C=O) groups excluding carboxylic acids is 2. The Bertz CT molecular complexity index is 1370. The Morgan fingerprint density at radius 3 is 2.47 bits per heavy atom. The summed E-state index contributed by atoms with van der Waals surface area (Å²) < 4.78 is 39.3. The molecule has 3 rings (SSSR count). The molecule has 43 heavy (non-hydrogen) atoms. The summed E-state index contributed by atoms with van der Waals surface area (Å²) in [7, 11) is 2.12. The molecule has 0 spiro atoms. The standard InChI is InChI=1S/C28H36ClF3N8O2S/c1-5-39(4)11-12-40(6-2)10-8-7-9-19-13-22(36-17-35-19)25(41)37-18(3)27-34-16-23(43-27)26(42)38-24-14-20(28(30,31)32)21(29)15-33-24/h13-18H,5-12H2,1-4H3,(H,37,41)(H,33,38,42). The summed E-state index contributed by atoms with van der Waals surface area (Å²) in [6.07, 6.45) is 1.45. The summed E-state index contributed by atoms with van der Waals surface area (Å²) in [5.74, 6) is -1.42. The zero-order valence-electron chi connectivity index (χ0n) is 24.5. The van der Waals surface area contributed by atoms with Crippen LogP contribution < -0.4 is 10.6 Å². The summed E-state index contributed by atoms with van der Waals surface area (Å²) in [6, 6.07) is 1.77. The van der Waals surface area contributed by atoms with Crippen LogP contribution >= 0.6 is 22.9 Å². The van der Waals surface area contributed by atoms with E-state index >= 15 is 0 Å². The third kappa shape index (κ3) is 10.5. The first kappa shape index (κ1) is 34.3. The number of nitrogens with zero attached hydrogens (tertiary/aromatic N) is 6. The van der Waals surface area contributed by atoms with E-state index in [1.807, 2.05) is 0 Å². The van der Waals surface area contributed by atoms with Crippen molar-refractivity contribution >= 4 is 40.6 Å². The van der Waals surface area contributed by atoms with Gasteiger partial charge in [-0.25, -0.2) is 19.9 Å². The Balaban J connectivity index is 1.52. The van der Waals surface area contributed by atoms with Crippen molar-refractivity contribution in [1.82, 2.24) is 35.1 Å². The smallest absolute Gasteiger partial charge is 0.342 e. The van der Waals surface area contributed by atoms with Crippen LogP contribution in [-0.4, -0.2) is 81.3 Å². The number of unbranched alkanes of at least 4 members (excludes halogenated alkanes) is 1. The highest BCUT2D eigenvalue weighted by molar-refractivity contribution is 7.13. The van der Waals surface area contributed by atoms with Crippen LogP contribution in [0.5, 0.6) is 0 Å². The number of hydrogen-bond acceptors (Lipinski definition) is 9. The van der Waals surface area contributed by atoms with Gasteiger partial charge in [0.05, 0.1) is 22.8 Å². The molecule has 0 bridgehead atoms. The minimum Gasteiger partial charge on any atom is -0.342 e. The zero-order valence-corrected chi connectivity index (χ0v) is 26.1. The number of carbonyl (C=O) groups is 2. The number of pyridine rings is 1. The number of rotatable bonds is 15. The second-order valence-electron chi connectivity index (χ2n) is 9.94. The van der Waals surface area contributed by atoms with Gasteiger partial charge >= 0.3 is 6.18 Å². The summed E-state index contributed by atoms with van der Waals surface area (Å²) in [5.41, 5.74) is -0.111. The Labute approximate surface area is 258 Å². The quantitative estimate of drug-likeness (QED) is 0.214. The second-order valence-corrected chi connectivity index (χ2v) is 11.4. The summed E-state index contributed by atoms with van der Waals surface area (Å²) in [6.45, 7) is 11.1. The first-order valence-electron chi connectivity index (χ1n) is 13.9. The number of nitrogens with one attached hydrogen (secondary N) is 2. The second kappa shape index (κ2) is 16.0. The number of thiazole rings is 1. The Hall–Kier alpha value is -3.20. The van der Waals surface area contributed by atoms with Crippen LogP contribution in [0.2, 0.25) is 5.02 Å². The first-order valence-corrected chi connectivity index (χ1v) is 15.1. The van der Waals surface area contributed by atoms with E-state index in [-0.39, 0.29) is 16.4 Å². The summed E-state index contributed by atoms with van der Waals surface area (Å²) in [4.78, 5) is 46.7. The largest absolute Gasteiger partial charge is 0.418 e. The molecule has 0 aromatic carbocycles. The first-order chi connectivity index (χ1) is 20.4. The van der Waals surface area contributed by atoms with Crippen molar-refractivity contribution in [2.24, 2.45) is 0 Å². The molecule has 0 aliphatic heterocycles. The Morgan fingerprint density at radius 2 is 1.77 bits per heavy atom. The summed E-state index contributed by atoms with van der Waals surface area (Å²) >= 11 is 6.58. The van der Waals surface area contributed by atoms with Crippen molar-refractivity contribution in [3.05, 3.63) is 62.7 Å². The van der Waals surface area contributed by atoms with Gasteiger partial charge in [-0.15, -0.1) is 11.3 Å². The molecule has 1 atom stereocenters. The van der Waals surface area contributed by atoms with Gasteiger partial charge < -0.3 is 20.4 Å². The topological polar surface area (TPSA) is 116 Å². The van der Waals surface area contributed by atoms with Gasteiger partial charge in [-0.05, 0) is 65.0 Å². The van der Waals surface area contributed by atoms with Crippen LogP contribution in [0, 0.1) is 0 Å². The molecular formula is C28H36ClF3N8O2S. The molecule has 10 nitrogen and oxygen atoms in total. The highest BCUT2D eigenvalue weighted by Gasteiger charge is 2.34. The number of aromatic nitrogens is 4. The van der Waals surface area contributed by atoms with Gasteiger partial charge in [0.25, 0.3) is 11.8 Å². The molecular weight excluding hydrogens is 605 g/mol. The van der Waals surface area contributed by atoms with E-state index in [1.165, 1.54) is 12.5 Å². The van der Waals surface area contributed by atoms with Crippen LogP contribution in [0.4, 0.5) is 19.0 Å². The van der Waals surface area contributed by atoms with Gasteiger partial charge in [-0.2, -0.15) is 13.2 Å². The molecule has 15 heteroatoms. The van der Waals surface area contributed by atoms with E-state index < -0.39 is 34.6 Å². The molecule has 3 aromatic rings. The van der Waals surface area contributed by atoms with E-state index in [2.05, 4.69) is 61.3 Å². The number of likely N-dealkylation sites (N-methyl/N-ethyl adjacent to an activating group) is 2. The molecule has 3 heterocycles. The van der Waals surface area contributed by atoms with Crippen molar-refractivity contribution in [2.75, 3.05) is 45.1 Å². The van der Waals surface area contributed by atoms with Crippen LogP contribution in [0.3, 0.4) is 0 Å². The molecule has 0 fully saturated rings. The predicted molar refractivity (Wildman–Crippen MR) is 160 cm³/mol. The highest BCUT2D eigenvalue weighted by atomic mass is 35.5. The Morgan fingerprint density at radius 1 is 1.00 bits per heavy atom. The third-order valence-electron chi connectivity index (χ3n) is 6.77. The highest BCUT2D eigenvalue weighted by Crippen LogP contribution is 2.35. The molecule has 2 amide bonds. The molecule has 0 aliphatic rings. The Kier molecular flexibility index (Phi) is 12.8. The van der Waals surface area contributed by atoms with E-state index in [0.717, 1.165) is 75.2 Å². The normalized spacial score (nSPS) is 12.5. The van der Waals surface area contributed by atoms with Crippen molar-refractivity contribution in [2.45, 2.75) is 52.3 Å². The molecule has 234 valence electrons. The number of anilines is 1. The van der Waals surface area contributed by atoms with Crippen LogP contribution in [0.15, 0.2) is 30.9 Å². The molecule has 0 radical (unpaired) electrons. The lowest BCUT2D eigenvalue weighted by Crippen LogP contribution is -2.33. The molecule has 1 unspecified atom stereocenters. The van der Waals surface area contributed by atoms with E-state index in [9.17, 15) is 22.8 Å². The lowest BCUT2D eigenvalue weighted by Gasteiger charge is -2.23. The number of halogens is 4. The van der Waals surface area contributed by atoms with E-state index in [0.29, 0.717) is 11.1 Å². The lowest BCUT2D eigenvalue weighted by molar-refractivity contribution is -0.137. The fraction of sp³-hybridized carbons (Fsp3) is 0.500. The number of hydrogen-bond donors (Lipinski definition) is 2. The summed E-state index contributed by atoms with van der Waals surface area (Å²) in [5, 5.41) is 4.99. The van der Waals surface area contributed by atoms with Crippen LogP contribution in [-0.2, 0) is 12.6 Å². The van der Waals surface area contributed by atoms with Crippen molar-refractivity contribution < 1.29 is 22.8 Å². The van der Waals surface area contributed by atoms with Gasteiger partial charge in [-0.3, -0.25) is 9.59 Å². The lowest BCUT2D eigenvalue weighted by atomic mass is 10.1. The van der Waals surface area contributed by atoms with Crippen LogP contribution in [0.25, 0.3) is 0 Å². The minimum absolute atomic E-state index is 0.129. The third-order valence-corrected chi connectivity index (χ3v) is 8.25. The fourth-order valence-electron chi connectivity index (χ4n) is 4.03. The molecule has 0 saturated carbocycles. The SMILES string of the molecule is CCN(C)CCN(CC)CCCCc1cc(C(=O)NC(C)c2ncc(C(=O)Nc3cc(C(F)(F)F)c(Cl)cn3)s2)ncn1. The van der Waals surface area contributed by atoms with Crippen molar-refractivity contribution in [3.63, 3.8) is 0 Å². The maximum Gasteiger partial charge on any atom is 0.418 e. The monoisotopic (exact) mass is 640 g/mol. The fourth-order valence-corrected chi connectivity index (χ4v) is 5.05. The average Bonchev–Trinajstić information content (AvgIpc) is 3.48. The van der Waals surface area contributed by atoms with Crippen molar-refractivity contribution in [1.29, 1.82) is 0 Å². The molecule has 0 saturated heterocycles. The van der Waals surface area contributed by atoms with Crippen LogP contribution in [0.1, 0.15) is 76.1 Å². The van der Waals surface area contributed by atoms with Gasteiger partial charge in [0.2, 0.25) is 0 Å². The minimum atomic E-state index is -4.70. The van der Waals surface area contributed by atoms with Gasteiger partial charge in [0.15, 0.2) is 0 Å². The number of alkyl halides is 3. The maximum absolute atomic E-state index is 13.1.